The topological polar surface area (TPSA) is 22.4 Å². The molecule has 9 aromatic rings. The maximum Gasteiger partial charge on any atom is 0.135 e. The fourth-order valence-corrected chi connectivity index (χ4v) is 9.38. The van der Waals surface area contributed by atoms with E-state index in [2.05, 4.69) is 284 Å². The van der Waals surface area contributed by atoms with E-state index >= 15 is 0 Å². The van der Waals surface area contributed by atoms with Crippen molar-refractivity contribution < 1.29 is 9.15 Å². The number of fused-ring (bicyclic) bond motifs is 11. The lowest BCUT2D eigenvalue weighted by molar-refractivity contribution is 0.244. The van der Waals surface area contributed by atoms with Gasteiger partial charge in [-0.05, 0) is 94.8 Å². The second-order valence-corrected chi connectivity index (χ2v) is 25.1. The summed E-state index contributed by atoms with van der Waals surface area (Å²) in [5.74, 6) is 4.35. The van der Waals surface area contributed by atoms with Crippen molar-refractivity contribution in [3.8, 4) is 16.9 Å². The second-order valence-electron chi connectivity index (χ2n) is 22.8. The first-order valence-electron chi connectivity index (χ1n) is 34.5. The average molecular weight is 1270 g/mol. The van der Waals surface area contributed by atoms with Crippen molar-refractivity contribution in [1.82, 2.24) is 0 Å². The molecule has 0 saturated heterocycles. The van der Waals surface area contributed by atoms with Crippen LogP contribution in [0.15, 0.2) is 203 Å². The van der Waals surface area contributed by atoms with Crippen molar-refractivity contribution in [2.24, 2.45) is 23.7 Å². The molecule has 2 nitrogen and oxygen atoms in total. The van der Waals surface area contributed by atoms with Crippen molar-refractivity contribution in [1.29, 1.82) is 0 Å². The van der Waals surface area contributed by atoms with E-state index in [0.717, 1.165) is 47.0 Å². The summed E-state index contributed by atoms with van der Waals surface area (Å²) >= 11 is 3.74. The monoisotopic (exact) mass is 1260 g/mol. The van der Waals surface area contributed by atoms with Gasteiger partial charge in [-0.3, -0.25) is 0 Å². The minimum absolute atomic E-state index is 0. The summed E-state index contributed by atoms with van der Waals surface area (Å²) in [6, 6.07) is 58.9. The summed E-state index contributed by atoms with van der Waals surface area (Å²) < 4.78 is 14.3. The van der Waals surface area contributed by atoms with Gasteiger partial charge in [-0.15, -0.1) is 23.1 Å². The number of para-hydroxylation sites is 3. The molecule has 4 heteroatoms. The van der Waals surface area contributed by atoms with Gasteiger partial charge in [0, 0.05) is 30.9 Å². The maximum absolute atomic E-state index is 5.88. The van der Waals surface area contributed by atoms with Gasteiger partial charge < -0.3 is 9.15 Å². The third-order valence-electron chi connectivity index (χ3n) is 9.69. The molecule has 90 heavy (non-hydrogen) atoms. The molecule has 0 radical (unpaired) electrons. The number of hydrogen-bond acceptors (Lipinski definition) is 4. The van der Waals surface area contributed by atoms with E-state index in [1.165, 1.54) is 83.8 Å². The first-order chi connectivity index (χ1) is 42.9. The Morgan fingerprint density at radius 3 is 1.03 bits per heavy atom. The Balaban J connectivity index is -0.000000304. The molecule has 0 N–H and O–H groups in total. The van der Waals surface area contributed by atoms with E-state index in [0.29, 0.717) is 5.25 Å². The summed E-state index contributed by atoms with van der Waals surface area (Å²) in [6.07, 6.45) is 14.8. The number of allylic oxidation sites excluding steroid dienone is 2. The normalized spacial score (nSPS) is 12.0. The van der Waals surface area contributed by atoms with Crippen LogP contribution in [0.2, 0.25) is 0 Å². The zero-order chi connectivity index (χ0) is 68.5. The molecule has 2 unspecified atom stereocenters. The first-order valence-corrected chi connectivity index (χ1v) is 36.2. The molecule has 0 amide bonds. The standard InChI is InChI=1S/C13H10.C12H10OS.C12H8O.C12H8S.4C4H10.4C3H8.4C2H6.CH4/c1-3-7-12-10(5-1)9-11-6-2-4-8-13(11)12;1-3-7-11-9(5-1)13-10-6-2-4-8-12(10)14-11;2*1-3-7-11-9(5-1)10-6-2-4-8-12(10)13-11;4*1-4(2)3;4*1-3-2;4*1-2;/h1-8H,9H2;1-9,11H;2*1-8H;4*4H,1-3H3;4*3H2,1-2H3;4*1-2H3;1H4. The Morgan fingerprint density at radius 2 is 0.656 bits per heavy atom. The van der Waals surface area contributed by atoms with Crippen molar-refractivity contribution in [2.75, 3.05) is 0 Å². The SMILES string of the molecule is C.C1=CC2Oc3ccccc3SC2C=C1.CC.CC.CC.CC.CC(C)C.CC(C)C.CC(C)C.CC(C)C.CCC.CCC.CCC.CCC.c1ccc2c(c1)Cc1ccccc1-2.c1ccc2c(c1)oc1ccccc12.c1ccc2c(c1)sc1ccccc12. The van der Waals surface area contributed by atoms with Crippen LogP contribution in [0, 0.1) is 23.7 Å². The predicted molar refractivity (Wildman–Crippen MR) is 425 cm³/mol. The number of furan rings is 1. The number of benzene rings is 7. The summed E-state index contributed by atoms with van der Waals surface area (Å²) in [4.78, 5) is 1.24. The van der Waals surface area contributed by atoms with Crippen LogP contribution >= 0.6 is 23.1 Å². The number of rotatable bonds is 0. The minimum atomic E-state index is 0. The van der Waals surface area contributed by atoms with Crippen LogP contribution in [0.3, 0.4) is 0 Å². The Bertz CT molecular complexity index is 2700. The van der Waals surface area contributed by atoms with Crippen LogP contribution < -0.4 is 4.74 Å². The first kappa shape index (κ1) is 92.9. The minimum Gasteiger partial charge on any atom is -0.484 e. The zero-order valence-corrected chi connectivity index (χ0v) is 63.7. The van der Waals surface area contributed by atoms with Gasteiger partial charge in [0.1, 0.15) is 23.0 Å². The molecule has 2 atom stereocenters. The van der Waals surface area contributed by atoms with Crippen LogP contribution in [0.4, 0.5) is 0 Å². The number of thioether (sulfide) groups is 1. The predicted octanol–water partition coefficient (Wildman–Crippen LogP) is 31.0. The lowest BCUT2D eigenvalue weighted by Crippen LogP contribution is -2.30. The van der Waals surface area contributed by atoms with E-state index in [-0.39, 0.29) is 13.5 Å². The number of thiophene rings is 1. The lowest BCUT2D eigenvalue weighted by Gasteiger charge is -2.30. The molecule has 1 aliphatic heterocycles. The van der Waals surface area contributed by atoms with Crippen LogP contribution in [0.25, 0.3) is 53.2 Å². The van der Waals surface area contributed by atoms with Gasteiger partial charge >= 0.3 is 0 Å². The third-order valence-corrected chi connectivity index (χ3v) is 12.1. The number of ether oxygens (including phenoxy) is 1. The Morgan fingerprint density at radius 1 is 0.367 bits per heavy atom. The van der Waals surface area contributed by atoms with Crippen molar-refractivity contribution in [2.45, 2.75) is 250 Å². The van der Waals surface area contributed by atoms with Crippen LogP contribution in [0.1, 0.15) is 238 Å². The van der Waals surface area contributed by atoms with Crippen molar-refractivity contribution >= 4 is 65.2 Å². The molecule has 7 aromatic carbocycles. The van der Waals surface area contributed by atoms with Crippen LogP contribution in [0.5, 0.6) is 5.75 Å². The summed E-state index contributed by atoms with van der Waals surface area (Å²) in [5, 5.41) is 5.58. The van der Waals surface area contributed by atoms with E-state index in [1.54, 1.807) is 0 Å². The Labute approximate surface area is 566 Å². The Kier molecular flexibility index (Phi) is 64.0. The molecule has 3 heterocycles. The van der Waals surface area contributed by atoms with Crippen LogP contribution in [-0.2, 0) is 6.42 Å². The van der Waals surface area contributed by atoms with Gasteiger partial charge in [-0.25, -0.2) is 0 Å². The molecular weight excluding hydrogens is 1130 g/mol. The molecule has 3 aliphatic rings. The van der Waals surface area contributed by atoms with E-state index < -0.39 is 0 Å². The summed E-state index contributed by atoms with van der Waals surface area (Å²) in [5.41, 5.74) is 7.68. The molecule has 2 aliphatic carbocycles. The molecular formula is C86H136O2S2. The van der Waals surface area contributed by atoms with Gasteiger partial charge in [0.05, 0.1) is 10.1 Å². The van der Waals surface area contributed by atoms with E-state index in [9.17, 15) is 0 Å². The molecule has 0 fully saturated rings. The van der Waals surface area contributed by atoms with Crippen LogP contribution in [-0.4, -0.2) is 11.4 Å². The molecule has 0 saturated carbocycles. The molecule has 504 valence electrons. The molecule has 0 bridgehead atoms. The molecule has 2 aromatic heterocycles. The fourth-order valence-electron chi connectivity index (χ4n) is 7.15. The fraction of sp³-hybridized carbons (Fsp3) is 0.465. The highest BCUT2D eigenvalue weighted by Crippen LogP contribution is 2.41. The van der Waals surface area contributed by atoms with Gasteiger partial charge in [0.25, 0.3) is 0 Å². The number of hydrogen-bond donors (Lipinski definition) is 0. The maximum atomic E-state index is 5.88. The highest BCUT2D eigenvalue weighted by molar-refractivity contribution is 8.00. The average Bonchev–Trinajstić information content (AvgIpc) is 1.66. The largest absolute Gasteiger partial charge is 0.484 e. The second kappa shape index (κ2) is 62.0. The quantitative estimate of drug-likeness (QED) is 0.151. The van der Waals surface area contributed by atoms with Crippen molar-refractivity contribution in [3.05, 3.63) is 205 Å². The summed E-state index contributed by atoms with van der Waals surface area (Å²) in [6.45, 7) is 59.0. The van der Waals surface area contributed by atoms with Crippen molar-refractivity contribution in [3.63, 3.8) is 0 Å². The smallest absolute Gasteiger partial charge is 0.135 e. The van der Waals surface area contributed by atoms with E-state index in [4.69, 9.17) is 9.15 Å². The Hall–Kier alpha value is -5.81. The van der Waals surface area contributed by atoms with Gasteiger partial charge in [0.2, 0.25) is 0 Å². The van der Waals surface area contributed by atoms with E-state index in [1.807, 2.05) is 127 Å². The van der Waals surface area contributed by atoms with Gasteiger partial charge in [0.15, 0.2) is 0 Å². The van der Waals surface area contributed by atoms with Gasteiger partial charge in [-0.2, -0.15) is 0 Å². The summed E-state index contributed by atoms with van der Waals surface area (Å²) in [7, 11) is 0. The highest BCUT2D eigenvalue weighted by Gasteiger charge is 2.27. The molecule has 0 spiro atoms. The highest BCUT2D eigenvalue weighted by atomic mass is 32.2. The third kappa shape index (κ3) is 41.5. The van der Waals surface area contributed by atoms with Gasteiger partial charge in [-0.1, -0.05) is 379 Å². The lowest BCUT2D eigenvalue weighted by atomic mass is 10.1. The molecule has 12 rings (SSSR count). The zero-order valence-electron chi connectivity index (χ0n) is 62.1.